The fourth-order valence-corrected chi connectivity index (χ4v) is 0.555. The summed E-state index contributed by atoms with van der Waals surface area (Å²) in [6.07, 6.45) is 1.09. The Bertz CT molecular complexity index is 53.9. The minimum atomic E-state index is -0.135. The van der Waals surface area contributed by atoms with Crippen molar-refractivity contribution in [3.05, 3.63) is 0 Å². The zero-order chi connectivity index (χ0) is 7.28. The predicted octanol–water partition coefficient (Wildman–Crippen LogP) is 2.63. The van der Waals surface area contributed by atoms with Crippen LogP contribution in [0.1, 0.15) is 27.2 Å². The van der Waals surface area contributed by atoms with Gasteiger partial charge in [0.05, 0.1) is 0 Å². The lowest BCUT2D eigenvalue weighted by Crippen LogP contribution is -2.03. The monoisotopic (exact) mass is 150 g/mol. The topological polar surface area (TPSA) is 9.23 Å². The molecule has 0 aliphatic heterocycles. The van der Waals surface area contributed by atoms with E-state index in [-0.39, 0.29) is 5.56 Å². The zero-order valence-electron chi connectivity index (χ0n) is 6.36. The molecule has 0 heterocycles. The highest BCUT2D eigenvalue weighted by Crippen LogP contribution is 2.02. The molecule has 0 saturated carbocycles. The molecule has 0 N–H and O–H groups in total. The molecular weight excluding hydrogens is 136 g/mol. The van der Waals surface area contributed by atoms with Crippen LogP contribution >= 0.6 is 11.6 Å². The maximum atomic E-state index is 5.54. The molecule has 0 radical (unpaired) electrons. The summed E-state index contributed by atoms with van der Waals surface area (Å²) >= 11 is 5.54. The van der Waals surface area contributed by atoms with Gasteiger partial charge in [0.2, 0.25) is 0 Å². The fraction of sp³-hybridized carbons (Fsp3) is 1.00. The van der Waals surface area contributed by atoms with Crippen LogP contribution in [-0.4, -0.2) is 12.2 Å². The fourth-order valence-electron chi connectivity index (χ4n) is 0.466. The van der Waals surface area contributed by atoms with Crippen LogP contribution in [0.2, 0.25) is 0 Å². The average molecular weight is 151 g/mol. The van der Waals surface area contributed by atoms with Gasteiger partial charge in [0.1, 0.15) is 5.56 Å². The lowest BCUT2D eigenvalue weighted by molar-refractivity contribution is 0.109. The van der Waals surface area contributed by atoms with E-state index < -0.39 is 0 Å². The largest absolute Gasteiger partial charge is 0.363 e. The Hall–Kier alpha value is 0.250. The summed E-state index contributed by atoms with van der Waals surface area (Å²) in [4.78, 5) is 0. The van der Waals surface area contributed by atoms with Gasteiger partial charge in [-0.1, -0.05) is 25.4 Å². The Morgan fingerprint density at radius 1 is 1.33 bits per heavy atom. The van der Waals surface area contributed by atoms with Gasteiger partial charge in [-0.3, -0.25) is 0 Å². The lowest BCUT2D eigenvalue weighted by atomic mass is 10.1. The Labute approximate surface area is 62.3 Å². The van der Waals surface area contributed by atoms with Gasteiger partial charge in [0, 0.05) is 6.61 Å². The molecule has 0 saturated heterocycles. The second kappa shape index (κ2) is 5.07. The summed E-state index contributed by atoms with van der Waals surface area (Å²) in [5, 5.41) is 0. The molecule has 9 heavy (non-hydrogen) atoms. The molecule has 2 heteroatoms. The van der Waals surface area contributed by atoms with Crippen molar-refractivity contribution in [3.63, 3.8) is 0 Å². The van der Waals surface area contributed by atoms with Crippen LogP contribution < -0.4 is 0 Å². The van der Waals surface area contributed by atoms with Crippen LogP contribution in [0, 0.1) is 5.92 Å². The van der Waals surface area contributed by atoms with E-state index in [2.05, 4.69) is 13.8 Å². The maximum Gasteiger partial charge on any atom is 0.128 e. The first-order chi connectivity index (χ1) is 4.13. The van der Waals surface area contributed by atoms with Gasteiger partial charge in [0.15, 0.2) is 0 Å². The number of ether oxygens (including phenoxy) is 1. The Kier molecular flexibility index (Phi) is 5.21. The molecule has 0 aliphatic carbocycles. The van der Waals surface area contributed by atoms with Gasteiger partial charge >= 0.3 is 0 Å². The van der Waals surface area contributed by atoms with Gasteiger partial charge in [-0.2, -0.15) is 0 Å². The predicted molar refractivity (Wildman–Crippen MR) is 40.7 cm³/mol. The molecule has 0 aromatic heterocycles. The van der Waals surface area contributed by atoms with E-state index in [0.717, 1.165) is 13.0 Å². The van der Waals surface area contributed by atoms with Crippen LogP contribution in [0.15, 0.2) is 0 Å². The van der Waals surface area contributed by atoms with E-state index in [1.165, 1.54) is 0 Å². The summed E-state index contributed by atoms with van der Waals surface area (Å²) in [5.74, 6) is 0.709. The highest BCUT2D eigenvalue weighted by atomic mass is 35.5. The van der Waals surface area contributed by atoms with Gasteiger partial charge in [0.25, 0.3) is 0 Å². The van der Waals surface area contributed by atoms with Crippen molar-refractivity contribution in [3.8, 4) is 0 Å². The standard InChI is InChI=1S/C7H15ClO/c1-6(2)4-5-9-7(3)8/h6-7H,4-5H2,1-3H3. The number of halogens is 1. The molecule has 0 bridgehead atoms. The molecule has 0 aromatic rings. The van der Waals surface area contributed by atoms with E-state index in [4.69, 9.17) is 16.3 Å². The second-order valence-electron chi connectivity index (χ2n) is 2.60. The molecule has 0 fully saturated rings. The molecule has 1 unspecified atom stereocenters. The zero-order valence-corrected chi connectivity index (χ0v) is 7.11. The van der Waals surface area contributed by atoms with Gasteiger partial charge in [-0.25, -0.2) is 0 Å². The number of hydrogen-bond donors (Lipinski definition) is 0. The van der Waals surface area contributed by atoms with Crippen molar-refractivity contribution < 1.29 is 4.74 Å². The first-order valence-electron chi connectivity index (χ1n) is 3.38. The Morgan fingerprint density at radius 2 is 1.89 bits per heavy atom. The van der Waals surface area contributed by atoms with Crippen molar-refractivity contribution in [2.24, 2.45) is 5.92 Å². The third-order valence-corrected chi connectivity index (χ3v) is 1.17. The van der Waals surface area contributed by atoms with E-state index in [0.29, 0.717) is 5.92 Å². The molecule has 0 spiro atoms. The van der Waals surface area contributed by atoms with Gasteiger partial charge in [-0.05, 0) is 19.3 Å². The van der Waals surface area contributed by atoms with Crippen LogP contribution in [-0.2, 0) is 4.74 Å². The van der Waals surface area contributed by atoms with Crippen LogP contribution in [0.3, 0.4) is 0 Å². The SMILES string of the molecule is CC(C)CCOC(C)Cl. The van der Waals surface area contributed by atoms with Crippen molar-refractivity contribution in [2.75, 3.05) is 6.61 Å². The first kappa shape index (κ1) is 9.25. The number of hydrogen-bond acceptors (Lipinski definition) is 1. The van der Waals surface area contributed by atoms with Crippen molar-refractivity contribution in [1.82, 2.24) is 0 Å². The van der Waals surface area contributed by atoms with Crippen LogP contribution in [0.5, 0.6) is 0 Å². The smallest absolute Gasteiger partial charge is 0.128 e. The third kappa shape index (κ3) is 8.25. The molecule has 0 aromatic carbocycles. The highest BCUT2D eigenvalue weighted by Gasteiger charge is 1.96. The van der Waals surface area contributed by atoms with Crippen molar-refractivity contribution >= 4 is 11.6 Å². The Morgan fingerprint density at radius 3 is 2.22 bits per heavy atom. The number of rotatable bonds is 4. The molecular formula is C7H15ClO. The highest BCUT2D eigenvalue weighted by molar-refractivity contribution is 6.19. The van der Waals surface area contributed by atoms with Crippen molar-refractivity contribution in [1.29, 1.82) is 0 Å². The van der Waals surface area contributed by atoms with Crippen LogP contribution in [0.4, 0.5) is 0 Å². The normalized spacial score (nSPS) is 14.3. The van der Waals surface area contributed by atoms with E-state index in [1.54, 1.807) is 0 Å². The van der Waals surface area contributed by atoms with E-state index in [9.17, 15) is 0 Å². The lowest BCUT2D eigenvalue weighted by Gasteiger charge is -2.06. The molecule has 0 amide bonds. The molecule has 56 valence electrons. The maximum absolute atomic E-state index is 5.54. The van der Waals surface area contributed by atoms with Gasteiger partial charge in [-0.15, -0.1) is 0 Å². The third-order valence-electron chi connectivity index (χ3n) is 1.04. The quantitative estimate of drug-likeness (QED) is 0.560. The Balaban J connectivity index is 2.91. The summed E-state index contributed by atoms with van der Waals surface area (Å²) in [6.45, 7) is 6.95. The summed E-state index contributed by atoms with van der Waals surface area (Å²) in [5.41, 5.74) is -0.135. The minimum Gasteiger partial charge on any atom is -0.363 e. The minimum absolute atomic E-state index is 0.135. The molecule has 0 rings (SSSR count). The number of alkyl halides is 1. The molecule has 0 aliphatic rings. The molecule has 1 nitrogen and oxygen atoms in total. The summed E-state index contributed by atoms with van der Waals surface area (Å²) in [6, 6.07) is 0. The average Bonchev–Trinajstić information content (AvgIpc) is 1.63. The van der Waals surface area contributed by atoms with E-state index >= 15 is 0 Å². The second-order valence-corrected chi connectivity index (χ2v) is 3.21. The van der Waals surface area contributed by atoms with Gasteiger partial charge < -0.3 is 4.74 Å². The van der Waals surface area contributed by atoms with Crippen molar-refractivity contribution in [2.45, 2.75) is 32.8 Å². The van der Waals surface area contributed by atoms with Crippen LogP contribution in [0.25, 0.3) is 0 Å². The molecule has 1 atom stereocenters. The summed E-state index contributed by atoms with van der Waals surface area (Å²) in [7, 11) is 0. The summed E-state index contributed by atoms with van der Waals surface area (Å²) < 4.78 is 5.12. The first-order valence-corrected chi connectivity index (χ1v) is 3.82. The van der Waals surface area contributed by atoms with E-state index in [1.807, 2.05) is 6.92 Å².